The second-order valence-electron chi connectivity index (χ2n) is 10.00. The summed E-state index contributed by atoms with van der Waals surface area (Å²) in [5.41, 5.74) is 4.56. The Bertz CT molecular complexity index is 1520. The van der Waals surface area contributed by atoms with Gasteiger partial charge in [0, 0.05) is 17.2 Å². The van der Waals surface area contributed by atoms with E-state index in [-0.39, 0.29) is 29.5 Å². The van der Waals surface area contributed by atoms with E-state index in [0.717, 1.165) is 50.6 Å². The number of phenols is 2. The van der Waals surface area contributed by atoms with E-state index in [4.69, 9.17) is 9.47 Å². The minimum Gasteiger partial charge on any atom is -0.507 e. The second-order valence-corrected chi connectivity index (χ2v) is 10.00. The SMILES string of the molecule is CCC(C)Oc1cc2c(Cc3ccc(O)c4cc5c(cc34)OC(C)CC5=O)ccc(O)c2c(C)c1C. The normalized spacial score (nSPS) is 16.1. The van der Waals surface area contributed by atoms with Crippen molar-refractivity contribution in [3.8, 4) is 23.0 Å². The van der Waals surface area contributed by atoms with Gasteiger partial charge in [-0.1, -0.05) is 19.1 Å². The highest BCUT2D eigenvalue weighted by atomic mass is 16.5. The van der Waals surface area contributed by atoms with E-state index in [1.807, 2.05) is 45.0 Å². The molecule has 5 heteroatoms. The number of carbonyl (C=O) groups excluding carboxylic acids is 1. The summed E-state index contributed by atoms with van der Waals surface area (Å²) in [4.78, 5) is 12.6. The largest absolute Gasteiger partial charge is 0.507 e. The summed E-state index contributed by atoms with van der Waals surface area (Å²) in [6.07, 6.45) is 1.70. The molecule has 2 unspecified atom stereocenters. The van der Waals surface area contributed by atoms with E-state index in [1.165, 1.54) is 0 Å². The number of ketones is 1. The molecule has 1 aliphatic heterocycles. The molecule has 5 nitrogen and oxygen atoms in total. The fourth-order valence-electron chi connectivity index (χ4n) is 5.12. The monoisotopic (exact) mass is 484 g/mol. The van der Waals surface area contributed by atoms with Gasteiger partial charge in [-0.25, -0.2) is 0 Å². The third-order valence-electron chi connectivity index (χ3n) is 7.47. The Labute approximate surface area is 211 Å². The summed E-state index contributed by atoms with van der Waals surface area (Å²) in [7, 11) is 0. The average Bonchev–Trinajstić information content (AvgIpc) is 2.84. The standard InChI is InChI=1S/C31H32O5/c1-6-16(2)35-29-15-23-21(8-10-27(33)31(23)19(5)18(29)4)12-20-7-9-26(32)24-13-25-28(34)11-17(3)36-30(25)14-22(20)24/h7-10,13-17,32-33H,6,11-12H2,1-5H3. The molecule has 0 radical (unpaired) electrons. The first-order valence-electron chi connectivity index (χ1n) is 12.6. The number of aromatic hydroxyl groups is 2. The highest BCUT2D eigenvalue weighted by molar-refractivity contribution is 6.06. The molecule has 0 aromatic heterocycles. The van der Waals surface area contributed by atoms with Crippen molar-refractivity contribution in [3.05, 3.63) is 70.3 Å². The summed E-state index contributed by atoms with van der Waals surface area (Å²) in [6, 6.07) is 12.9. The van der Waals surface area contributed by atoms with Crippen LogP contribution in [0.15, 0.2) is 42.5 Å². The molecule has 0 saturated heterocycles. The van der Waals surface area contributed by atoms with Crippen molar-refractivity contribution in [1.82, 2.24) is 0 Å². The zero-order valence-corrected chi connectivity index (χ0v) is 21.4. The number of phenolic OH excluding ortho intramolecular Hbond substituents is 2. The minimum atomic E-state index is -0.181. The lowest BCUT2D eigenvalue weighted by Gasteiger charge is -2.23. The predicted octanol–water partition coefficient (Wildman–Crippen LogP) is 7.14. The molecule has 5 rings (SSSR count). The lowest BCUT2D eigenvalue weighted by molar-refractivity contribution is 0.0871. The average molecular weight is 485 g/mol. The number of aryl methyl sites for hydroxylation is 1. The van der Waals surface area contributed by atoms with Crippen LogP contribution in [-0.2, 0) is 6.42 Å². The van der Waals surface area contributed by atoms with Gasteiger partial charge in [0.25, 0.3) is 0 Å². The van der Waals surface area contributed by atoms with Crippen LogP contribution in [0.25, 0.3) is 21.5 Å². The van der Waals surface area contributed by atoms with E-state index in [1.54, 1.807) is 18.2 Å². The molecular formula is C31H32O5. The number of hydrogen-bond acceptors (Lipinski definition) is 5. The molecule has 0 aliphatic carbocycles. The quantitative estimate of drug-likeness (QED) is 0.315. The van der Waals surface area contributed by atoms with Crippen LogP contribution in [0.1, 0.15) is 66.2 Å². The first kappa shape index (κ1) is 24.0. The van der Waals surface area contributed by atoms with Crippen molar-refractivity contribution in [2.45, 2.75) is 66.1 Å². The van der Waals surface area contributed by atoms with Gasteiger partial charge in [0.1, 0.15) is 29.1 Å². The lowest BCUT2D eigenvalue weighted by Crippen LogP contribution is -2.23. The van der Waals surface area contributed by atoms with Crippen molar-refractivity contribution in [3.63, 3.8) is 0 Å². The van der Waals surface area contributed by atoms with E-state index in [9.17, 15) is 15.0 Å². The van der Waals surface area contributed by atoms with Gasteiger partial charge in [-0.05, 0) is 104 Å². The summed E-state index contributed by atoms with van der Waals surface area (Å²) in [6.45, 7) is 10.1. The Hall–Kier alpha value is -3.73. The van der Waals surface area contributed by atoms with E-state index in [0.29, 0.717) is 29.5 Å². The van der Waals surface area contributed by atoms with Crippen molar-refractivity contribution < 1.29 is 24.5 Å². The number of benzene rings is 4. The van der Waals surface area contributed by atoms with Gasteiger partial charge in [0.2, 0.25) is 0 Å². The Kier molecular flexibility index (Phi) is 6.03. The van der Waals surface area contributed by atoms with Crippen LogP contribution < -0.4 is 9.47 Å². The molecule has 2 atom stereocenters. The van der Waals surface area contributed by atoms with Gasteiger partial charge < -0.3 is 19.7 Å². The van der Waals surface area contributed by atoms with E-state index >= 15 is 0 Å². The maximum absolute atomic E-state index is 12.6. The summed E-state index contributed by atoms with van der Waals surface area (Å²) in [5.74, 6) is 1.79. The highest BCUT2D eigenvalue weighted by Crippen LogP contribution is 2.41. The van der Waals surface area contributed by atoms with Crippen LogP contribution in [0.2, 0.25) is 0 Å². The van der Waals surface area contributed by atoms with Gasteiger partial charge in [0.15, 0.2) is 5.78 Å². The van der Waals surface area contributed by atoms with Gasteiger partial charge >= 0.3 is 0 Å². The Morgan fingerprint density at radius 3 is 2.39 bits per heavy atom. The molecule has 0 fully saturated rings. The van der Waals surface area contributed by atoms with Gasteiger partial charge in [-0.15, -0.1) is 0 Å². The van der Waals surface area contributed by atoms with E-state index in [2.05, 4.69) is 13.8 Å². The third-order valence-corrected chi connectivity index (χ3v) is 7.47. The number of hydrogen-bond donors (Lipinski definition) is 2. The number of fused-ring (bicyclic) bond motifs is 3. The predicted molar refractivity (Wildman–Crippen MR) is 143 cm³/mol. The molecule has 1 heterocycles. The van der Waals surface area contributed by atoms with Crippen LogP contribution in [0.3, 0.4) is 0 Å². The van der Waals surface area contributed by atoms with Crippen LogP contribution in [-0.4, -0.2) is 28.2 Å². The third kappa shape index (κ3) is 4.02. The molecule has 186 valence electrons. The second kappa shape index (κ2) is 9.05. The van der Waals surface area contributed by atoms with Gasteiger partial charge in [0.05, 0.1) is 11.7 Å². The van der Waals surface area contributed by atoms with Crippen molar-refractivity contribution in [2.24, 2.45) is 0 Å². The Morgan fingerprint density at radius 1 is 0.972 bits per heavy atom. The molecule has 4 aromatic rings. The van der Waals surface area contributed by atoms with Crippen LogP contribution in [0.4, 0.5) is 0 Å². The smallest absolute Gasteiger partial charge is 0.170 e. The van der Waals surface area contributed by atoms with Crippen LogP contribution in [0.5, 0.6) is 23.0 Å². The molecule has 0 amide bonds. The lowest BCUT2D eigenvalue weighted by atomic mass is 9.90. The number of ether oxygens (including phenoxy) is 2. The number of rotatable bonds is 5. The molecule has 0 spiro atoms. The Balaban J connectivity index is 1.68. The zero-order chi connectivity index (χ0) is 25.7. The van der Waals surface area contributed by atoms with E-state index < -0.39 is 0 Å². The summed E-state index contributed by atoms with van der Waals surface area (Å²) in [5, 5.41) is 24.6. The van der Waals surface area contributed by atoms with Gasteiger partial charge in [-0.2, -0.15) is 0 Å². The molecule has 1 aliphatic rings. The zero-order valence-electron chi connectivity index (χ0n) is 21.4. The molecule has 2 N–H and O–H groups in total. The summed E-state index contributed by atoms with van der Waals surface area (Å²) >= 11 is 0. The topological polar surface area (TPSA) is 76.0 Å². The maximum Gasteiger partial charge on any atom is 0.170 e. The van der Waals surface area contributed by atoms with Crippen molar-refractivity contribution in [1.29, 1.82) is 0 Å². The summed E-state index contributed by atoms with van der Waals surface area (Å²) < 4.78 is 12.2. The highest BCUT2D eigenvalue weighted by Gasteiger charge is 2.25. The van der Waals surface area contributed by atoms with Crippen LogP contribution in [0, 0.1) is 13.8 Å². The molecule has 4 aromatic carbocycles. The van der Waals surface area contributed by atoms with Crippen molar-refractivity contribution in [2.75, 3.05) is 0 Å². The number of Topliss-reactive ketones (excluding diaryl/α,β-unsaturated/α-hetero) is 1. The maximum atomic E-state index is 12.6. The fraction of sp³-hybridized carbons (Fsp3) is 0.323. The molecule has 0 saturated carbocycles. The van der Waals surface area contributed by atoms with Gasteiger partial charge in [-0.3, -0.25) is 4.79 Å². The number of carbonyl (C=O) groups is 1. The minimum absolute atomic E-state index is 0.0275. The first-order valence-corrected chi connectivity index (χ1v) is 12.6. The molecule has 36 heavy (non-hydrogen) atoms. The fourth-order valence-corrected chi connectivity index (χ4v) is 5.12. The Morgan fingerprint density at radius 2 is 1.67 bits per heavy atom. The molecule has 0 bridgehead atoms. The molecular weight excluding hydrogens is 452 g/mol. The van der Waals surface area contributed by atoms with Crippen molar-refractivity contribution >= 4 is 27.3 Å². The van der Waals surface area contributed by atoms with Crippen LogP contribution >= 0.6 is 0 Å². The first-order chi connectivity index (χ1) is 17.2.